The Kier molecular flexibility index (Phi) is 3.41. The minimum Gasteiger partial charge on any atom is -0.336 e. The van der Waals surface area contributed by atoms with Crippen LogP contribution in [0.15, 0.2) is 24.4 Å². The van der Waals surface area contributed by atoms with Crippen molar-refractivity contribution in [3.8, 4) is 0 Å². The molecule has 18 heavy (non-hydrogen) atoms. The molecule has 0 spiro atoms. The quantitative estimate of drug-likeness (QED) is 0.893. The molecule has 1 N–H and O–H groups in total. The molecule has 5 nitrogen and oxygen atoms in total. The second-order valence-electron chi connectivity index (χ2n) is 4.45. The Hall–Kier alpha value is -2.17. The van der Waals surface area contributed by atoms with Gasteiger partial charge in [-0.05, 0) is 25.0 Å². The molecule has 1 aromatic heterocycles. The van der Waals surface area contributed by atoms with Gasteiger partial charge in [0.05, 0.1) is 6.20 Å². The maximum absolute atomic E-state index is 12.0. The van der Waals surface area contributed by atoms with Gasteiger partial charge in [0.15, 0.2) is 5.69 Å². The average molecular weight is 244 g/mol. The standard InChI is InChI=1S/C13H16N4O/c1-9-4-5-11(10(2)6-9)8-17(3)13(18)12-7-14-16-15-12/h4-7H,8H2,1-3H3,(H,14,15,16). The van der Waals surface area contributed by atoms with Crippen molar-refractivity contribution < 1.29 is 4.79 Å². The van der Waals surface area contributed by atoms with Crippen molar-refractivity contribution in [2.45, 2.75) is 20.4 Å². The molecule has 1 heterocycles. The number of nitrogens with zero attached hydrogens (tertiary/aromatic N) is 3. The van der Waals surface area contributed by atoms with Crippen molar-refractivity contribution >= 4 is 5.91 Å². The Morgan fingerprint density at radius 3 is 2.78 bits per heavy atom. The van der Waals surface area contributed by atoms with Crippen LogP contribution in [0.4, 0.5) is 0 Å². The number of H-pyrrole nitrogens is 1. The highest BCUT2D eigenvalue weighted by Gasteiger charge is 2.15. The second kappa shape index (κ2) is 5.00. The van der Waals surface area contributed by atoms with Gasteiger partial charge in [0.2, 0.25) is 0 Å². The van der Waals surface area contributed by atoms with E-state index in [1.54, 1.807) is 11.9 Å². The number of carbonyl (C=O) groups excluding carboxylic acids is 1. The Morgan fingerprint density at radius 1 is 1.39 bits per heavy atom. The van der Waals surface area contributed by atoms with Crippen LogP contribution in [0.25, 0.3) is 0 Å². The molecule has 5 heteroatoms. The van der Waals surface area contributed by atoms with Gasteiger partial charge in [-0.25, -0.2) is 0 Å². The molecule has 0 saturated heterocycles. The van der Waals surface area contributed by atoms with E-state index in [-0.39, 0.29) is 5.91 Å². The summed E-state index contributed by atoms with van der Waals surface area (Å²) >= 11 is 0. The van der Waals surface area contributed by atoms with Crippen LogP contribution in [-0.4, -0.2) is 33.3 Å². The zero-order valence-corrected chi connectivity index (χ0v) is 10.8. The fraction of sp³-hybridized carbons (Fsp3) is 0.308. The van der Waals surface area contributed by atoms with E-state index in [4.69, 9.17) is 0 Å². The molecule has 0 saturated carbocycles. The maximum Gasteiger partial charge on any atom is 0.276 e. The molecule has 0 aliphatic heterocycles. The van der Waals surface area contributed by atoms with Gasteiger partial charge in [-0.3, -0.25) is 4.79 Å². The van der Waals surface area contributed by atoms with Gasteiger partial charge in [0.1, 0.15) is 0 Å². The van der Waals surface area contributed by atoms with Crippen molar-refractivity contribution in [1.29, 1.82) is 0 Å². The zero-order chi connectivity index (χ0) is 13.1. The number of hydrogen-bond acceptors (Lipinski definition) is 3. The summed E-state index contributed by atoms with van der Waals surface area (Å²) in [6.45, 7) is 4.68. The molecular weight excluding hydrogens is 228 g/mol. The highest BCUT2D eigenvalue weighted by molar-refractivity contribution is 5.91. The summed E-state index contributed by atoms with van der Waals surface area (Å²) in [7, 11) is 1.76. The van der Waals surface area contributed by atoms with Gasteiger partial charge in [-0.2, -0.15) is 15.4 Å². The lowest BCUT2D eigenvalue weighted by molar-refractivity contribution is 0.0779. The summed E-state index contributed by atoms with van der Waals surface area (Å²) < 4.78 is 0. The molecule has 0 aliphatic carbocycles. The monoisotopic (exact) mass is 244 g/mol. The summed E-state index contributed by atoms with van der Waals surface area (Å²) in [6.07, 6.45) is 1.43. The van der Waals surface area contributed by atoms with Crippen molar-refractivity contribution in [3.05, 3.63) is 46.8 Å². The van der Waals surface area contributed by atoms with Crippen LogP contribution in [0, 0.1) is 13.8 Å². The van der Waals surface area contributed by atoms with Gasteiger partial charge in [-0.15, -0.1) is 0 Å². The Balaban J connectivity index is 2.11. The van der Waals surface area contributed by atoms with Crippen molar-refractivity contribution in [2.75, 3.05) is 7.05 Å². The van der Waals surface area contributed by atoms with Crippen LogP contribution in [0.3, 0.4) is 0 Å². The van der Waals surface area contributed by atoms with Gasteiger partial charge in [-0.1, -0.05) is 23.8 Å². The summed E-state index contributed by atoms with van der Waals surface area (Å²) in [5, 5.41) is 9.87. The number of aryl methyl sites for hydroxylation is 2. The molecule has 94 valence electrons. The van der Waals surface area contributed by atoms with Crippen molar-refractivity contribution in [2.24, 2.45) is 0 Å². The number of amides is 1. The number of rotatable bonds is 3. The lowest BCUT2D eigenvalue weighted by Crippen LogP contribution is -2.26. The molecule has 2 rings (SSSR count). The first-order chi connectivity index (χ1) is 8.58. The Labute approximate surface area is 106 Å². The molecule has 0 aliphatic rings. The number of nitrogens with one attached hydrogen (secondary N) is 1. The van der Waals surface area contributed by atoms with Crippen LogP contribution in [-0.2, 0) is 6.54 Å². The van der Waals surface area contributed by atoms with Gasteiger partial charge < -0.3 is 4.90 Å². The normalized spacial score (nSPS) is 10.4. The van der Waals surface area contributed by atoms with Crippen LogP contribution in [0.1, 0.15) is 27.2 Å². The Morgan fingerprint density at radius 2 is 2.17 bits per heavy atom. The van der Waals surface area contributed by atoms with Crippen LogP contribution in [0.5, 0.6) is 0 Å². The minimum atomic E-state index is -0.135. The largest absolute Gasteiger partial charge is 0.336 e. The predicted molar refractivity (Wildman–Crippen MR) is 68.1 cm³/mol. The molecular formula is C13H16N4O. The number of carbonyl (C=O) groups is 1. The van der Waals surface area contributed by atoms with E-state index in [9.17, 15) is 4.79 Å². The van der Waals surface area contributed by atoms with E-state index in [0.29, 0.717) is 12.2 Å². The summed E-state index contributed by atoms with van der Waals surface area (Å²) in [5.74, 6) is -0.135. The molecule has 0 atom stereocenters. The first-order valence-electron chi connectivity index (χ1n) is 5.75. The third-order valence-electron chi connectivity index (χ3n) is 2.89. The summed E-state index contributed by atoms with van der Waals surface area (Å²) in [6, 6.07) is 6.22. The first kappa shape index (κ1) is 12.3. The van der Waals surface area contributed by atoms with Crippen LogP contribution >= 0.6 is 0 Å². The van der Waals surface area contributed by atoms with E-state index in [1.807, 2.05) is 0 Å². The summed E-state index contributed by atoms with van der Waals surface area (Å²) in [5.41, 5.74) is 3.89. The molecule has 1 aromatic carbocycles. The van der Waals surface area contributed by atoms with Crippen LogP contribution in [0.2, 0.25) is 0 Å². The van der Waals surface area contributed by atoms with Crippen LogP contribution < -0.4 is 0 Å². The SMILES string of the molecule is Cc1ccc(CN(C)C(=O)c2cn[nH]n2)c(C)c1. The smallest absolute Gasteiger partial charge is 0.276 e. The van der Waals surface area contributed by atoms with Gasteiger partial charge in [0, 0.05) is 13.6 Å². The van der Waals surface area contributed by atoms with Crippen molar-refractivity contribution in [3.63, 3.8) is 0 Å². The lowest BCUT2D eigenvalue weighted by Gasteiger charge is -2.17. The topological polar surface area (TPSA) is 61.9 Å². The number of aromatic amines is 1. The predicted octanol–water partition coefficient (Wildman–Crippen LogP) is 1.69. The van der Waals surface area contributed by atoms with E-state index >= 15 is 0 Å². The second-order valence-corrected chi connectivity index (χ2v) is 4.45. The lowest BCUT2D eigenvalue weighted by atomic mass is 10.1. The van der Waals surface area contributed by atoms with E-state index in [1.165, 1.54) is 17.3 Å². The summed E-state index contributed by atoms with van der Waals surface area (Å²) in [4.78, 5) is 13.6. The number of benzene rings is 1. The molecule has 0 radical (unpaired) electrons. The van der Waals surface area contributed by atoms with Gasteiger partial charge in [0.25, 0.3) is 5.91 Å². The molecule has 2 aromatic rings. The number of hydrogen-bond donors (Lipinski definition) is 1. The van der Waals surface area contributed by atoms with Crippen molar-refractivity contribution in [1.82, 2.24) is 20.3 Å². The maximum atomic E-state index is 12.0. The average Bonchev–Trinajstić information content (AvgIpc) is 2.85. The molecule has 1 amide bonds. The highest BCUT2D eigenvalue weighted by Crippen LogP contribution is 2.13. The third-order valence-corrected chi connectivity index (χ3v) is 2.89. The van der Waals surface area contributed by atoms with E-state index in [0.717, 1.165) is 5.56 Å². The Bertz CT molecular complexity index is 548. The van der Waals surface area contributed by atoms with Gasteiger partial charge >= 0.3 is 0 Å². The first-order valence-corrected chi connectivity index (χ1v) is 5.75. The molecule has 0 fully saturated rings. The molecule has 0 bridgehead atoms. The van der Waals surface area contributed by atoms with E-state index in [2.05, 4.69) is 47.5 Å². The minimum absolute atomic E-state index is 0.135. The van der Waals surface area contributed by atoms with E-state index < -0.39 is 0 Å². The fourth-order valence-corrected chi connectivity index (χ4v) is 1.85. The third kappa shape index (κ3) is 2.56. The number of aromatic nitrogens is 3. The molecule has 0 unspecified atom stereocenters. The highest BCUT2D eigenvalue weighted by atomic mass is 16.2. The zero-order valence-electron chi connectivity index (χ0n) is 10.8. The fourth-order valence-electron chi connectivity index (χ4n) is 1.85.